The summed E-state index contributed by atoms with van der Waals surface area (Å²) in [4.78, 5) is 12.5. The maximum Gasteiger partial charge on any atom is 0.387 e. The second kappa shape index (κ2) is 5.94. The van der Waals surface area contributed by atoms with Gasteiger partial charge < -0.3 is 15.2 Å². The topological polar surface area (TPSA) is 58.6 Å². The smallest absolute Gasteiger partial charge is 0.387 e. The number of alkyl halides is 2. The Labute approximate surface area is 145 Å². The molecule has 136 valence electrons. The van der Waals surface area contributed by atoms with Crippen LogP contribution in [0.15, 0.2) is 24.3 Å². The Bertz CT molecular complexity index is 647. The molecule has 6 heteroatoms. The number of hydrogen-bond acceptors (Lipinski definition) is 3. The average molecular weight is 351 g/mol. The minimum Gasteiger partial charge on any atom is -0.435 e. The van der Waals surface area contributed by atoms with Crippen LogP contribution in [-0.4, -0.2) is 23.2 Å². The minimum atomic E-state index is -2.86. The third-order valence-electron chi connectivity index (χ3n) is 6.05. The van der Waals surface area contributed by atoms with Crippen LogP contribution in [0.2, 0.25) is 0 Å². The lowest BCUT2D eigenvalue weighted by Crippen LogP contribution is -2.56. The van der Waals surface area contributed by atoms with E-state index in [1.807, 2.05) is 0 Å². The van der Waals surface area contributed by atoms with Crippen molar-refractivity contribution in [2.75, 3.05) is 5.32 Å². The highest BCUT2D eigenvalue weighted by molar-refractivity contribution is 5.91. The first-order valence-corrected chi connectivity index (χ1v) is 8.90. The summed E-state index contributed by atoms with van der Waals surface area (Å²) in [7, 11) is 0. The molecular formula is C19H23F2NO3. The third kappa shape index (κ3) is 3.50. The predicted molar refractivity (Wildman–Crippen MR) is 88.4 cm³/mol. The van der Waals surface area contributed by atoms with Crippen molar-refractivity contribution < 1.29 is 23.4 Å². The Morgan fingerprint density at radius 1 is 1.20 bits per heavy atom. The summed E-state index contributed by atoms with van der Waals surface area (Å²) in [5, 5.41) is 13.6. The molecule has 1 aromatic carbocycles. The van der Waals surface area contributed by atoms with Crippen LogP contribution >= 0.6 is 0 Å². The van der Waals surface area contributed by atoms with Crippen molar-refractivity contribution in [1.82, 2.24) is 0 Å². The number of carbonyl (C=O) groups is 1. The van der Waals surface area contributed by atoms with E-state index in [2.05, 4.69) is 10.1 Å². The normalized spacial score (nSPS) is 35.8. The highest BCUT2D eigenvalue weighted by Crippen LogP contribution is 2.62. The summed E-state index contributed by atoms with van der Waals surface area (Å²) < 4.78 is 28.6. The number of hydrogen-bond donors (Lipinski definition) is 2. The molecule has 4 bridgehead atoms. The molecule has 5 rings (SSSR count). The fourth-order valence-corrected chi connectivity index (χ4v) is 5.87. The van der Waals surface area contributed by atoms with Gasteiger partial charge in [-0.2, -0.15) is 8.78 Å². The van der Waals surface area contributed by atoms with Crippen LogP contribution in [0.4, 0.5) is 14.5 Å². The van der Waals surface area contributed by atoms with Crippen LogP contribution < -0.4 is 10.1 Å². The number of benzene rings is 1. The summed E-state index contributed by atoms with van der Waals surface area (Å²) in [6.07, 6.45) is 6.16. The summed E-state index contributed by atoms with van der Waals surface area (Å²) in [6, 6.07) is 5.94. The zero-order valence-electron chi connectivity index (χ0n) is 14.0. The zero-order valence-corrected chi connectivity index (χ0v) is 14.0. The SMILES string of the molecule is O=C(CC12C[C@@H]3C[C@@H](CC(O)(C3)C1)C2)Nc1ccc(OC(F)F)cc1. The van der Waals surface area contributed by atoms with E-state index in [9.17, 15) is 18.7 Å². The standard InChI is InChI=1S/C19H23F2NO3/c20-17(21)25-15-3-1-14(2-4-15)22-16(23)10-18-6-12-5-13(7-18)9-19(24,8-12)11-18/h1-4,12-13,17,24H,5-11H2,(H,22,23)/t12-,13+,18?,19?. The molecule has 0 heterocycles. The number of nitrogens with one attached hydrogen (secondary N) is 1. The van der Waals surface area contributed by atoms with Gasteiger partial charge in [0.1, 0.15) is 5.75 Å². The number of anilines is 1. The van der Waals surface area contributed by atoms with Gasteiger partial charge in [-0.15, -0.1) is 0 Å². The van der Waals surface area contributed by atoms with E-state index in [-0.39, 0.29) is 17.1 Å². The molecule has 2 N–H and O–H groups in total. The molecular weight excluding hydrogens is 328 g/mol. The van der Waals surface area contributed by atoms with E-state index < -0.39 is 12.2 Å². The second-order valence-electron chi connectivity index (χ2n) is 8.31. The molecule has 4 nitrogen and oxygen atoms in total. The van der Waals surface area contributed by atoms with Crippen LogP contribution in [0.5, 0.6) is 5.75 Å². The van der Waals surface area contributed by atoms with Gasteiger partial charge in [-0.05, 0) is 80.0 Å². The zero-order chi connectivity index (χ0) is 17.7. The molecule has 4 atom stereocenters. The quantitative estimate of drug-likeness (QED) is 0.844. The fourth-order valence-electron chi connectivity index (χ4n) is 5.87. The molecule has 25 heavy (non-hydrogen) atoms. The van der Waals surface area contributed by atoms with E-state index >= 15 is 0 Å². The molecule has 4 aliphatic rings. The van der Waals surface area contributed by atoms with Gasteiger partial charge in [0.05, 0.1) is 5.60 Å². The van der Waals surface area contributed by atoms with E-state index in [1.54, 1.807) is 12.1 Å². The van der Waals surface area contributed by atoms with Gasteiger partial charge in [0, 0.05) is 12.1 Å². The van der Waals surface area contributed by atoms with E-state index in [4.69, 9.17) is 0 Å². The van der Waals surface area contributed by atoms with Crippen LogP contribution in [0.25, 0.3) is 0 Å². The molecule has 1 amide bonds. The van der Waals surface area contributed by atoms with Crippen molar-refractivity contribution in [2.24, 2.45) is 17.3 Å². The van der Waals surface area contributed by atoms with Crippen LogP contribution in [-0.2, 0) is 4.79 Å². The van der Waals surface area contributed by atoms with Crippen LogP contribution in [0, 0.1) is 17.3 Å². The first-order valence-electron chi connectivity index (χ1n) is 8.90. The fraction of sp³-hybridized carbons (Fsp3) is 0.632. The molecule has 1 aromatic rings. The maximum absolute atomic E-state index is 12.5. The lowest BCUT2D eigenvalue weighted by atomic mass is 9.47. The number of amides is 1. The Balaban J connectivity index is 1.39. The maximum atomic E-state index is 12.5. The Kier molecular flexibility index (Phi) is 3.98. The second-order valence-corrected chi connectivity index (χ2v) is 8.31. The first-order chi connectivity index (χ1) is 11.8. The first kappa shape index (κ1) is 16.8. The molecule has 0 radical (unpaired) electrons. The lowest BCUT2D eigenvalue weighted by Gasteiger charge is -2.60. The highest BCUT2D eigenvalue weighted by Gasteiger charge is 2.57. The summed E-state index contributed by atoms with van der Waals surface area (Å²) in [5.41, 5.74) is -0.0876. The Morgan fingerprint density at radius 3 is 2.40 bits per heavy atom. The monoisotopic (exact) mass is 351 g/mol. The lowest BCUT2D eigenvalue weighted by molar-refractivity contribution is -0.167. The molecule has 0 aliphatic heterocycles. The van der Waals surface area contributed by atoms with Gasteiger partial charge in [0.2, 0.25) is 5.91 Å². The van der Waals surface area contributed by atoms with Crippen molar-refractivity contribution in [3.63, 3.8) is 0 Å². The van der Waals surface area contributed by atoms with Crippen LogP contribution in [0.3, 0.4) is 0 Å². The van der Waals surface area contributed by atoms with Crippen molar-refractivity contribution in [1.29, 1.82) is 0 Å². The molecule has 4 fully saturated rings. The Hall–Kier alpha value is -1.69. The number of ether oxygens (including phenoxy) is 1. The summed E-state index contributed by atoms with van der Waals surface area (Å²) >= 11 is 0. The van der Waals surface area contributed by atoms with Gasteiger partial charge in [0.25, 0.3) is 0 Å². The molecule has 0 saturated heterocycles. The molecule has 0 aromatic heterocycles. The van der Waals surface area contributed by atoms with Gasteiger partial charge in [0.15, 0.2) is 0 Å². The predicted octanol–water partition coefficient (Wildman–Crippen LogP) is 3.95. The summed E-state index contributed by atoms with van der Waals surface area (Å²) in [5.74, 6) is 1.08. The number of carbonyl (C=O) groups excluding carboxylic acids is 1. The largest absolute Gasteiger partial charge is 0.435 e. The Morgan fingerprint density at radius 2 is 1.84 bits per heavy atom. The van der Waals surface area contributed by atoms with Crippen molar-refractivity contribution >= 4 is 11.6 Å². The molecule has 4 aliphatic carbocycles. The highest BCUT2D eigenvalue weighted by atomic mass is 19.3. The van der Waals surface area contributed by atoms with Crippen molar-refractivity contribution in [3.05, 3.63) is 24.3 Å². The van der Waals surface area contributed by atoms with E-state index in [1.165, 1.54) is 18.6 Å². The van der Waals surface area contributed by atoms with Gasteiger partial charge in [-0.3, -0.25) is 4.79 Å². The number of halogens is 2. The number of rotatable bonds is 5. The molecule has 0 spiro atoms. The van der Waals surface area contributed by atoms with Crippen molar-refractivity contribution in [3.8, 4) is 5.75 Å². The third-order valence-corrected chi connectivity index (χ3v) is 6.05. The average Bonchev–Trinajstić information content (AvgIpc) is 2.45. The molecule has 2 unspecified atom stereocenters. The minimum absolute atomic E-state index is 0.0660. The van der Waals surface area contributed by atoms with Gasteiger partial charge in [-0.25, -0.2) is 0 Å². The van der Waals surface area contributed by atoms with Gasteiger partial charge in [-0.1, -0.05) is 0 Å². The van der Waals surface area contributed by atoms with E-state index in [0.29, 0.717) is 23.9 Å². The van der Waals surface area contributed by atoms with E-state index in [0.717, 1.165) is 32.1 Å². The van der Waals surface area contributed by atoms with Gasteiger partial charge >= 0.3 is 6.61 Å². The molecule has 4 saturated carbocycles. The van der Waals surface area contributed by atoms with Crippen LogP contribution in [0.1, 0.15) is 44.9 Å². The summed E-state index contributed by atoms with van der Waals surface area (Å²) in [6.45, 7) is -2.86. The van der Waals surface area contributed by atoms with Crippen molar-refractivity contribution in [2.45, 2.75) is 57.2 Å². The number of aliphatic hydroxyl groups is 1.